The van der Waals surface area contributed by atoms with Crippen molar-refractivity contribution >= 4 is 17.5 Å². The minimum Gasteiger partial charge on any atom is -0.310 e. The van der Waals surface area contributed by atoms with Crippen molar-refractivity contribution in [1.82, 2.24) is 9.78 Å². The number of aromatic nitrogens is 2. The summed E-state index contributed by atoms with van der Waals surface area (Å²) >= 11 is 0. The van der Waals surface area contributed by atoms with E-state index in [4.69, 9.17) is 0 Å². The molecule has 4 rings (SSSR count). The van der Waals surface area contributed by atoms with Gasteiger partial charge in [0.1, 0.15) is 11.6 Å². The average Bonchev–Trinajstić information content (AvgIpc) is 2.98. The molecule has 2 aromatic carbocycles. The zero-order valence-electron chi connectivity index (χ0n) is 15.0. The Morgan fingerprint density at radius 3 is 2.44 bits per heavy atom. The van der Waals surface area contributed by atoms with Gasteiger partial charge in [0.05, 0.1) is 17.3 Å². The van der Waals surface area contributed by atoms with Gasteiger partial charge in [-0.1, -0.05) is 17.7 Å². The monoisotopic (exact) mass is 363 g/mol. The second-order valence-corrected chi connectivity index (χ2v) is 6.77. The molecule has 0 spiro atoms. The van der Waals surface area contributed by atoms with Gasteiger partial charge in [-0.3, -0.25) is 9.59 Å². The summed E-state index contributed by atoms with van der Waals surface area (Å²) in [6, 6.07) is 13.2. The molecule has 1 unspecified atom stereocenters. The molecule has 0 fully saturated rings. The maximum Gasteiger partial charge on any atom is 0.226 e. The molecule has 27 heavy (non-hydrogen) atoms. The number of fused-ring (bicyclic) bond motifs is 1. The number of rotatable bonds is 3. The van der Waals surface area contributed by atoms with Crippen molar-refractivity contribution in [1.29, 1.82) is 0 Å². The first-order chi connectivity index (χ1) is 12.9. The number of amides is 1. The second kappa shape index (κ2) is 6.46. The van der Waals surface area contributed by atoms with Crippen molar-refractivity contribution in [3.63, 3.8) is 0 Å². The number of carbonyl (C=O) groups excluding carboxylic acids is 2. The maximum absolute atomic E-state index is 13.2. The van der Waals surface area contributed by atoms with E-state index in [9.17, 15) is 14.0 Å². The minimum absolute atomic E-state index is 0.0453. The quantitative estimate of drug-likeness (QED) is 0.717. The highest BCUT2D eigenvalue weighted by atomic mass is 19.1. The molecule has 3 aromatic rings. The van der Waals surface area contributed by atoms with E-state index in [0.29, 0.717) is 22.6 Å². The Morgan fingerprint density at radius 1 is 1.11 bits per heavy atom. The SMILES string of the molecule is Cc1ccc(-n2nc(C)c3c2NC(=O)CC3C(=O)c2ccc(F)cc2)cc1. The van der Waals surface area contributed by atoms with Gasteiger partial charge in [-0.15, -0.1) is 0 Å². The van der Waals surface area contributed by atoms with E-state index in [1.807, 2.05) is 38.1 Å². The number of nitrogens with one attached hydrogen (secondary N) is 1. The van der Waals surface area contributed by atoms with Crippen LogP contribution in [-0.2, 0) is 4.79 Å². The van der Waals surface area contributed by atoms with Gasteiger partial charge in [-0.2, -0.15) is 5.10 Å². The van der Waals surface area contributed by atoms with Crippen LogP contribution in [0.4, 0.5) is 10.2 Å². The molecule has 136 valence electrons. The van der Waals surface area contributed by atoms with Gasteiger partial charge in [0.2, 0.25) is 5.91 Å². The van der Waals surface area contributed by atoms with Crippen LogP contribution in [0.1, 0.15) is 39.5 Å². The van der Waals surface area contributed by atoms with Crippen molar-refractivity contribution in [2.75, 3.05) is 5.32 Å². The summed E-state index contributed by atoms with van der Waals surface area (Å²) < 4.78 is 14.8. The molecule has 1 atom stereocenters. The molecule has 2 heterocycles. The van der Waals surface area contributed by atoms with E-state index in [1.54, 1.807) is 4.68 Å². The standard InChI is InChI=1S/C21H18FN3O2/c1-12-3-9-16(10-4-12)25-21-19(13(2)24-25)17(11-18(26)23-21)20(27)14-5-7-15(22)8-6-14/h3-10,17H,11H2,1-2H3,(H,23,26). The lowest BCUT2D eigenvalue weighted by Crippen LogP contribution is -2.28. The molecule has 0 radical (unpaired) electrons. The summed E-state index contributed by atoms with van der Waals surface area (Å²) in [4.78, 5) is 25.3. The van der Waals surface area contributed by atoms with Crippen molar-refractivity contribution in [2.24, 2.45) is 0 Å². The van der Waals surface area contributed by atoms with Crippen molar-refractivity contribution < 1.29 is 14.0 Å². The molecular formula is C21H18FN3O2. The Hall–Kier alpha value is -3.28. The van der Waals surface area contributed by atoms with Crippen molar-refractivity contribution in [3.8, 4) is 5.69 Å². The molecule has 6 heteroatoms. The smallest absolute Gasteiger partial charge is 0.226 e. The summed E-state index contributed by atoms with van der Waals surface area (Å²) in [7, 11) is 0. The summed E-state index contributed by atoms with van der Waals surface area (Å²) in [5.41, 5.74) is 3.70. The van der Waals surface area contributed by atoms with E-state index < -0.39 is 11.7 Å². The molecule has 1 aliphatic rings. The van der Waals surface area contributed by atoms with Gasteiger partial charge < -0.3 is 5.32 Å². The van der Waals surface area contributed by atoms with Gasteiger partial charge >= 0.3 is 0 Å². The highest BCUT2D eigenvalue weighted by molar-refractivity contribution is 6.07. The number of anilines is 1. The number of ketones is 1. The number of aryl methyl sites for hydroxylation is 2. The number of hydrogen-bond acceptors (Lipinski definition) is 3. The van der Waals surface area contributed by atoms with Crippen LogP contribution in [0.3, 0.4) is 0 Å². The second-order valence-electron chi connectivity index (χ2n) is 6.77. The average molecular weight is 363 g/mol. The highest BCUT2D eigenvalue weighted by Gasteiger charge is 2.36. The zero-order chi connectivity index (χ0) is 19.1. The molecule has 0 bridgehead atoms. The Bertz CT molecular complexity index is 1040. The lowest BCUT2D eigenvalue weighted by Gasteiger charge is -2.23. The predicted octanol–water partition coefficient (Wildman–Crippen LogP) is 3.94. The lowest BCUT2D eigenvalue weighted by molar-refractivity contribution is -0.116. The van der Waals surface area contributed by atoms with Crippen molar-refractivity contribution in [2.45, 2.75) is 26.2 Å². The van der Waals surface area contributed by atoms with Gasteiger partial charge in [0, 0.05) is 17.5 Å². The van der Waals surface area contributed by atoms with E-state index >= 15 is 0 Å². The maximum atomic E-state index is 13.2. The number of Topliss-reactive ketones (excluding diaryl/α,β-unsaturated/α-hetero) is 1. The normalized spacial score (nSPS) is 16.0. The van der Waals surface area contributed by atoms with Crippen LogP contribution < -0.4 is 5.32 Å². The third-order valence-corrected chi connectivity index (χ3v) is 4.83. The Balaban J connectivity index is 1.80. The summed E-state index contributed by atoms with van der Waals surface area (Å²) in [5, 5.41) is 7.41. The molecule has 1 N–H and O–H groups in total. The van der Waals surface area contributed by atoms with Gasteiger partial charge in [0.15, 0.2) is 5.78 Å². The fourth-order valence-corrected chi connectivity index (χ4v) is 3.46. The molecule has 5 nitrogen and oxygen atoms in total. The van der Waals surface area contributed by atoms with Crippen LogP contribution in [0.5, 0.6) is 0 Å². The lowest BCUT2D eigenvalue weighted by atomic mass is 9.85. The van der Waals surface area contributed by atoms with E-state index in [0.717, 1.165) is 11.3 Å². The topological polar surface area (TPSA) is 64.0 Å². The molecule has 1 aliphatic heterocycles. The number of carbonyl (C=O) groups is 2. The molecule has 0 saturated carbocycles. The highest BCUT2D eigenvalue weighted by Crippen LogP contribution is 2.38. The van der Waals surface area contributed by atoms with Crippen LogP contribution in [0.15, 0.2) is 48.5 Å². The van der Waals surface area contributed by atoms with Gasteiger partial charge in [-0.05, 0) is 50.2 Å². The van der Waals surface area contributed by atoms with E-state index in [-0.39, 0.29) is 18.1 Å². The first-order valence-electron chi connectivity index (χ1n) is 8.70. The molecule has 0 saturated heterocycles. The number of nitrogens with zero attached hydrogens (tertiary/aromatic N) is 2. The van der Waals surface area contributed by atoms with Crippen LogP contribution in [-0.4, -0.2) is 21.5 Å². The Morgan fingerprint density at radius 2 is 1.78 bits per heavy atom. The Labute approximate surface area is 155 Å². The molecular weight excluding hydrogens is 345 g/mol. The first kappa shape index (κ1) is 17.1. The van der Waals surface area contributed by atoms with Crippen LogP contribution in [0.25, 0.3) is 5.69 Å². The predicted molar refractivity (Wildman–Crippen MR) is 99.8 cm³/mol. The number of hydrogen-bond donors (Lipinski definition) is 1. The van der Waals surface area contributed by atoms with Gasteiger partial charge in [-0.25, -0.2) is 9.07 Å². The largest absolute Gasteiger partial charge is 0.310 e. The molecule has 1 aromatic heterocycles. The summed E-state index contributed by atoms with van der Waals surface area (Å²) in [5.74, 6) is -0.975. The minimum atomic E-state index is -0.640. The third-order valence-electron chi connectivity index (χ3n) is 4.83. The summed E-state index contributed by atoms with van der Waals surface area (Å²) in [6.45, 7) is 3.82. The number of benzene rings is 2. The molecule has 0 aliphatic carbocycles. The van der Waals surface area contributed by atoms with Crippen LogP contribution in [0.2, 0.25) is 0 Å². The summed E-state index contributed by atoms with van der Waals surface area (Å²) in [6.07, 6.45) is 0.0453. The van der Waals surface area contributed by atoms with Crippen LogP contribution >= 0.6 is 0 Å². The molecule has 1 amide bonds. The zero-order valence-corrected chi connectivity index (χ0v) is 15.0. The number of halogens is 1. The fraction of sp³-hybridized carbons (Fsp3) is 0.190. The third kappa shape index (κ3) is 3.03. The first-order valence-corrected chi connectivity index (χ1v) is 8.70. The van der Waals surface area contributed by atoms with E-state index in [1.165, 1.54) is 24.3 Å². The van der Waals surface area contributed by atoms with Crippen molar-refractivity contribution in [3.05, 3.63) is 76.7 Å². The van der Waals surface area contributed by atoms with Gasteiger partial charge in [0.25, 0.3) is 0 Å². The van der Waals surface area contributed by atoms with E-state index in [2.05, 4.69) is 10.4 Å². The Kier molecular flexibility index (Phi) is 4.11. The fourth-order valence-electron chi connectivity index (χ4n) is 3.46. The van der Waals surface area contributed by atoms with Crippen LogP contribution in [0, 0.1) is 19.7 Å².